The van der Waals surface area contributed by atoms with Crippen molar-refractivity contribution in [2.75, 3.05) is 6.54 Å². The van der Waals surface area contributed by atoms with Gasteiger partial charge in [0.05, 0.1) is 0 Å². The number of nitrogens with zero attached hydrogens (tertiary/aromatic N) is 1. The summed E-state index contributed by atoms with van der Waals surface area (Å²) in [6.45, 7) is 0.777. The maximum Gasteiger partial charge on any atom is 0.138 e. The number of benzene rings is 2. The van der Waals surface area contributed by atoms with E-state index in [2.05, 4.69) is 70.7 Å². The molecule has 0 saturated carbocycles. The van der Waals surface area contributed by atoms with E-state index in [1.54, 1.807) is 0 Å². The Morgan fingerprint density at radius 3 is 2.56 bits per heavy atom. The monoisotopic (exact) mass is 355 g/mol. The number of aromatic amines is 1. The molecule has 136 valence electrons. The lowest BCUT2D eigenvalue weighted by Crippen LogP contribution is -1.98. The number of hydrogen-bond donors (Lipinski definition) is 2. The van der Waals surface area contributed by atoms with Gasteiger partial charge in [0, 0.05) is 22.5 Å². The minimum absolute atomic E-state index is 0.777. The predicted octanol–water partition coefficient (Wildman–Crippen LogP) is 5.56. The van der Waals surface area contributed by atoms with E-state index < -0.39 is 0 Å². The van der Waals surface area contributed by atoms with E-state index in [0.717, 1.165) is 37.0 Å². The van der Waals surface area contributed by atoms with Crippen LogP contribution >= 0.6 is 0 Å². The molecule has 2 aromatic heterocycles. The molecule has 0 aliphatic rings. The van der Waals surface area contributed by atoms with E-state index in [1.165, 1.54) is 33.9 Å². The molecule has 4 aromatic rings. The van der Waals surface area contributed by atoms with Crippen molar-refractivity contribution >= 4 is 34.1 Å². The highest BCUT2D eigenvalue weighted by molar-refractivity contribution is 6.06. The first kappa shape index (κ1) is 17.5. The van der Waals surface area contributed by atoms with E-state index in [-0.39, 0.29) is 0 Å². The SMILES string of the molecule is NCCCCCc1cnc2[nH]c3ccc(C=Cc4ccccc4)cc3c2c1. The Morgan fingerprint density at radius 2 is 1.70 bits per heavy atom. The maximum absolute atomic E-state index is 5.58. The first-order valence-electron chi connectivity index (χ1n) is 9.67. The smallest absolute Gasteiger partial charge is 0.138 e. The topological polar surface area (TPSA) is 54.7 Å². The van der Waals surface area contributed by atoms with Crippen LogP contribution in [0.1, 0.15) is 36.0 Å². The van der Waals surface area contributed by atoms with Gasteiger partial charge in [-0.2, -0.15) is 0 Å². The summed E-state index contributed by atoms with van der Waals surface area (Å²) in [4.78, 5) is 8.07. The third-order valence-electron chi connectivity index (χ3n) is 4.97. The normalized spacial score (nSPS) is 11.7. The summed E-state index contributed by atoms with van der Waals surface area (Å²) in [7, 11) is 0. The van der Waals surface area contributed by atoms with Crippen molar-refractivity contribution in [1.29, 1.82) is 0 Å². The van der Waals surface area contributed by atoms with E-state index in [0.29, 0.717) is 0 Å². The Hall–Kier alpha value is -2.91. The van der Waals surface area contributed by atoms with Gasteiger partial charge in [0.2, 0.25) is 0 Å². The number of nitrogens with two attached hydrogens (primary N) is 1. The lowest BCUT2D eigenvalue weighted by Gasteiger charge is -2.01. The van der Waals surface area contributed by atoms with Gasteiger partial charge in [-0.1, -0.05) is 55.0 Å². The minimum Gasteiger partial charge on any atom is -0.339 e. The van der Waals surface area contributed by atoms with Crippen LogP contribution in [-0.4, -0.2) is 16.5 Å². The molecular formula is C24H25N3. The van der Waals surface area contributed by atoms with Crippen molar-refractivity contribution in [3.8, 4) is 0 Å². The Morgan fingerprint density at radius 1 is 0.852 bits per heavy atom. The van der Waals surface area contributed by atoms with Crippen molar-refractivity contribution in [3.05, 3.63) is 77.5 Å². The zero-order chi connectivity index (χ0) is 18.5. The molecule has 0 amide bonds. The molecule has 0 aliphatic carbocycles. The molecule has 0 unspecified atom stereocenters. The number of unbranched alkanes of at least 4 members (excludes halogenated alkanes) is 2. The highest BCUT2D eigenvalue weighted by atomic mass is 14.8. The molecule has 27 heavy (non-hydrogen) atoms. The van der Waals surface area contributed by atoms with Crippen molar-refractivity contribution in [2.24, 2.45) is 5.73 Å². The van der Waals surface area contributed by atoms with Gasteiger partial charge in [0.1, 0.15) is 5.65 Å². The summed E-state index contributed by atoms with van der Waals surface area (Å²) in [5, 5.41) is 2.44. The second-order valence-corrected chi connectivity index (χ2v) is 7.01. The average molecular weight is 355 g/mol. The van der Waals surface area contributed by atoms with Gasteiger partial charge in [-0.15, -0.1) is 0 Å². The average Bonchev–Trinajstić information content (AvgIpc) is 3.08. The number of aromatic nitrogens is 2. The highest BCUT2D eigenvalue weighted by Crippen LogP contribution is 2.27. The molecule has 0 radical (unpaired) electrons. The van der Waals surface area contributed by atoms with Crippen LogP contribution in [0.2, 0.25) is 0 Å². The zero-order valence-electron chi connectivity index (χ0n) is 15.5. The second kappa shape index (κ2) is 8.19. The van der Waals surface area contributed by atoms with Crippen LogP contribution < -0.4 is 5.73 Å². The van der Waals surface area contributed by atoms with Crippen LogP contribution in [0, 0.1) is 0 Å². The Kier molecular flexibility index (Phi) is 5.31. The summed E-state index contributed by atoms with van der Waals surface area (Å²) < 4.78 is 0. The molecule has 0 saturated heterocycles. The second-order valence-electron chi connectivity index (χ2n) is 7.01. The van der Waals surface area contributed by atoms with Crippen LogP contribution in [-0.2, 0) is 6.42 Å². The minimum atomic E-state index is 0.777. The summed E-state index contributed by atoms with van der Waals surface area (Å²) in [6, 6.07) is 19.2. The van der Waals surface area contributed by atoms with Gasteiger partial charge in [-0.25, -0.2) is 4.98 Å². The van der Waals surface area contributed by atoms with Gasteiger partial charge < -0.3 is 10.7 Å². The van der Waals surface area contributed by atoms with E-state index in [9.17, 15) is 0 Å². The fourth-order valence-corrected chi connectivity index (χ4v) is 3.48. The fourth-order valence-electron chi connectivity index (χ4n) is 3.48. The Balaban J connectivity index is 1.62. The molecule has 3 nitrogen and oxygen atoms in total. The van der Waals surface area contributed by atoms with Gasteiger partial charge >= 0.3 is 0 Å². The third kappa shape index (κ3) is 4.09. The molecule has 0 spiro atoms. The van der Waals surface area contributed by atoms with Gasteiger partial charge in [0.25, 0.3) is 0 Å². The van der Waals surface area contributed by atoms with Crippen LogP contribution in [0.5, 0.6) is 0 Å². The van der Waals surface area contributed by atoms with Crippen molar-refractivity contribution in [3.63, 3.8) is 0 Å². The van der Waals surface area contributed by atoms with Crippen LogP contribution in [0.15, 0.2) is 60.8 Å². The van der Waals surface area contributed by atoms with E-state index >= 15 is 0 Å². The molecule has 2 heterocycles. The molecule has 4 rings (SSSR count). The summed E-state index contributed by atoms with van der Waals surface area (Å²) >= 11 is 0. The third-order valence-corrected chi connectivity index (χ3v) is 4.97. The number of nitrogens with one attached hydrogen (secondary N) is 1. The Labute approximate surface area is 159 Å². The van der Waals surface area contributed by atoms with Crippen molar-refractivity contribution in [1.82, 2.24) is 9.97 Å². The number of fused-ring (bicyclic) bond motifs is 3. The number of rotatable bonds is 7. The lowest BCUT2D eigenvalue weighted by molar-refractivity contribution is 0.686. The van der Waals surface area contributed by atoms with Gasteiger partial charge in [0.15, 0.2) is 0 Å². The van der Waals surface area contributed by atoms with Crippen molar-refractivity contribution < 1.29 is 0 Å². The summed E-state index contributed by atoms with van der Waals surface area (Å²) in [5.41, 5.74) is 11.4. The van der Waals surface area contributed by atoms with E-state index in [1.807, 2.05) is 12.3 Å². The molecular weight excluding hydrogens is 330 g/mol. The number of hydrogen-bond acceptors (Lipinski definition) is 2. The molecule has 0 atom stereocenters. The van der Waals surface area contributed by atoms with Gasteiger partial charge in [-0.05, 0) is 60.7 Å². The Bertz CT molecular complexity index is 1060. The standard InChI is InChI=1S/C24H25N3/c25-14-6-2-5-9-20-16-22-21-15-19(11-10-18-7-3-1-4-8-18)12-13-23(21)27-24(22)26-17-20/h1,3-4,7-8,10-13,15-17H,2,5-6,9,14,25H2,(H,26,27). The first-order valence-corrected chi connectivity index (χ1v) is 9.67. The van der Waals surface area contributed by atoms with Crippen LogP contribution in [0.25, 0.3) is 34.1 Å². The number of aryl methyl sites for hydroxylation is 1. The van der Waals surface area contributed by atoms with Gasteiger partial charge in [-0.3, -0.25) is 0 Å². The highest BCUT2D eigenvalue weighted by Gasteiger charge is 2.07. The molecule has 0 fully saturated rings. The summed E-state index contributed by atoms with van der Waals surface area (Å²) in [6.07, 6.45) is 10.8. The quantitative estimate of drug-likeness (QED) is 0.337. The fraction of sp³-hybridized carbons (Fsp3) is 0.208. The van der Waals surface area contributed by atoms with Crippen molar-refractivity contribution in [2.45, 2.75) is 25.7 Å². The number of H-pyrrole nitrogens is 1. The largest absolute Gasteiger partial charge is 0.339 e. The summed E-state index contributed by atoms with van der Waals surface area (Å²) in [5.74, 6) is 0. The zero-order valence-corrected chi connectivity index (χ0v) is 15.5. The molecule has 3 N–H and O–H groups in total. The molecule has 0 bridgehead atoms. The first-order chi connectivity index (χ1) is 13.3. The lowest BCUT2D eigenvalue weighted by atomic mass is 10.1. The molecule has 3 heteroatoms. The maximum atomic E-state index is 5.58. The van der Waals surface area contributed by atoms with Crippen LogP contribution in [0.3, 0.4) is 0 Å². The molecule has 0 aliphatic heterocycles. The number of pyridine rings is 1. The molecule has 2 aromatic carbocycles. The predicted molar refractivity (Wildman–Crippen MR) is 116 cm³/mol. The van der Waals surface area contributed by atoms with E-state index in [4.69, 9.17) is 5.73 Å². The van der Waals surface area contributed by atoms with Crippen LogP contribution in [0.4, 0.5) is 0 Å².